The van der Waals surface area contributed by atoms with Gasteiger partial charge in [0.1, 0.15) is 10.6 Å². The number of hydrogen-bond acceptors (Lipinski definition) is 6. The molecule has 0 aliphatic heterocycles. The number of unbranched alkanes of at least 4 members (excludes halogenated alkanes) is 1. The Labute approximate surface area is 187 Å². The van der Waals surface area contributed by atoms with Gasteiger partial charge in [0.05, 0.1) is 5.69 Å². The van der Waals surface area contributed by atoms with E-state index in [1.54, 1.807) is 60.7 Å². The van der Waals surface area contributed by atoms with Crippen LogP contribution in [0.4, 0.5) is 11.4 Å². The first-order chi connectivity index (χ1) is 15.4. The van der Waals surface area contributed by atoms with Crippen LogP contribution in [0.15, 0.2) is 82.8 Å². The molecule has 0 atom stereocenters. The summed E-state index contributed by atoms with van der Waals surface area (Å²) >= 11 is 0. The predicted molar refractivity (Wildman–Crippen MR) is 126 cm³/mol. The van der Waals surface area contributed by atoms with Gasteiger partial charge in [-0.25, -0.2) is 8.42 Å². The number of nitrogens with one attached hydrogen (secondary N) is 2. The summed E-state index contributed by atoms with van der Waals surface area (Å²) in [5.41, 5.74) is 6.85. The molecule has 0 bridgehead atoms. The molecule has 168 valence electrons. The summed E-state index contributed by atoms with van der Waals surface area (Å²) < 4.78 is 35.4. The Hall–Kier alpha value is -3.72. The first-order valence-electron chi connectivity index (χ1n) is 10.1. The van der Waals surface area contributed by atoms with Gasteiger partial charge in [0.2, 0.25) is 0 Å². The summed E-state index contributed by atoms with van der Waals surface area (Å²) in [5.74, 6) is 0.370. The Morgan fingerprint density at radius 3 is 2.34 bits per heavy atom. The van der Waals surface area contributed by atoms with Crippen molar-refractivity contribution in [2.45, 2.75) is 24.7 Å². The average molecular weight is 455 g/mol. The Morgan fingerprint density at radius 1 is 1.06 bits per heavy atom. The maximum absolute atomic E-state index is 13.4. The van der Waals surface area contributed by atoms with E-state index in [1.807, 2.05) is 6.07 Å². The van der Waals surface area contributed by atoms with Crippen LogP contribution < -0.4 is 20.5 Å². The lowest BCUT2D eigenvalue weighted by Crippen LogP contribution is -2.19. The summed E-state index contributed by atoms with van der Waals surface area (Å²) in [4.78, 5) is -0.145. The minimum absolute atomic E-state index is 0.116. The topological polar surface area (TPSA) is 126 Å². The lowest BCUT2D eigenvalue weighted by molar-refractivity contribution is 0.318. The van der Waals surface area contributed by atoms with Gasteiger partial charge in [0.15, 0.2) is 11.6 Å². The van der Waals surface area contributed by atoms with Crippen molar-refractivity contribution in [3.63, 3.8) is 0 Å². The molecule has 5 N–H and O–H groups in total. The number of sulfonamides is 1. The number of nitrogens with zero attached hydrogens (tertiary/aromatic N) is 1. The molecule has 0 fully saturated rings. The molecule has 0 spiro atoms. The zero-order valence-electron chi connectivity index (χ0n) is 17.7. The fraction of sp³-hybridized carbons (Fsp3) is 0.174. The van der Waals surface area contributed by atoms with E-state index in [-0.39, 0.29) is 22.0 Å². The van der Waals surface area contributed by atoms with E-state index < -0.39 is 10.0 Å². The molecule has 0 heterocycles. The zero-order valence-corrected chi connectivity index (χ0v) is 18.5. The summed E-state index contributed by atoms with van der Waals surface area (Å²) in [5, 5.41) is 15.4. The number of benzene rings is 3. The number of nitrogens with two attached hydrogens (primary N) is 1. The van der Waals surface area contributed by atoms with E-state index in [0.29, 0.717) is 23.7 Å². The van der Waals surface area contributed by atoms with Crippen molar-refractivity contribution in [3.8, 4) is 11.5 Å². The molecule has 0 aromatic heterocycles. The Morgan fingerprint density at radius 2 is 1.72 bits per heavy atom. The minimum Gasteiger partial charge on any atom is -0.454 e. The van der Waals surface area contributed by atoms with Gasteiger partial charge in [-0.3, -0.25) is 4.72 Å². The van der Waals surface area contributed by atoms with E-state index in [1.165, 1.54) is 6.07 Å². The third-order valence-corrected chi connectivity index (χ3v) is 5.97. The first-order valence-corrected chi connectivity index (χ1v) is 11.6. The van der Waals surface area contributed by atoms with Gasteiger partial charge >= 0.3 is 0 Å². The molecule has 3 aromatic carbocycles. The van der Waals surface area contributed by atoms with Gasteiger partial charge in [-0.05, 0) is 42.8 Å². The molecule has 3 rings (SSSR count). The molecule has 0 saturated carbocycles. The summed E-state index contributed by atoms with van der Waals surface area (Å²) in [6.07, 6.45) is 1.81. The number of oxime groups is 1. The van der Waals surface area contributed by atoms with E-state index in [4.69, 9.17) is 10.5 Å². The smallest absolute Gasteiger partial charge is 0.265 e. The van der Waals surface area contributed by atoms with Crippen LogP contribution in [0.5, 0.6) is 11.5 Å². The molecule has 0 unspecified atom stereocenters. The number of amidine groups is 1. The molecular weight excluding hydrogens is 428 g/mol. The van der Waals surface area contributed by atoms with Crippen LogP contribution in [-0.4, -0.2) is 26.0 Å². The van der Waals surface area contributed by atoms with Gasteiger partial charge in [0.25, 0.3) is 10.0 Å². The fourth-order valence-corrected chi connectivity index (χ4v) is 4.20. The van der Waals surface area contributed by atoms with Gasteiger partial charge in [-0.1, -0.05) is 54.9 Å². The van der Waals surface area contributed by atoms with Gasteiger partial charge in [0, 0.05) is 17.8 Å². The third kappa shape index (κ3) is 5.70. The fourth-order valence-electron chi connectivity index (χ4n) is 2.97. The quantitative estimate of drug-likeness (QED) is 0.117. The van der Waals surface area contributed by atoms with E-state index in [2.05, 4.69) is 22.1 Å². The van der Waals surface area contributed by atoms with E-state index >= 15 is 0 Å². The first kappa shape index (κ1) is 23.0. The van der Waals surface area contributed by atoms with Crippen molar-refractivity contribution in [1.29, 1.82) is 0 Å². The third-order valence-electron chi connectivity index (χ3n) is 4.58. The highest BCUT2D eigenvalue weighted by Crippen LogP contribution is 2.38. The predicted octanol–water partition coefficient (Wildman–Crippen LogP) is 4.59. The molecular formula is C23H26N4O4S. The van der Waals surface area contributed by atoms with Crippen LogP contribution in [0.3, 0.4) is 0 Å². The second-order valence-corrected chi connectivity index (χ2v) is 8.65. The second kappa shape index (κ2) is 10.5. The van der Waals surface area contributed by atoms with Gasteiger partial charge in [-0.2, -0.15) is 0 Å². The molecule has 32 heavy (non-hydrogen) atoms. The van der Waals surface area contributed by atoms with Crippen molar-refractivity contribution in [1.82, 2.24) is 0 Å². The van der Waals surface area contributed by atoms with Gasteiger partial charge in [-0.15, -0.1) is 0 Å². The minimum atomic E-state index is -4.09. The number of para-hydroxylation sites is 2. The van der Waals surface area contributed by atoms with Crippen molar-refractivity contribution in [3.05, 3.63) is 78.4 Å². The molecule has 3 aromatic rings. The standard InChI is InChI=1S/C23H26N4O4S/c1-2-3-14-25-20-15-17(23(24)26-28)16-21(22(20)31-19-12-8-5-9-13-19)32(29,30)27-18-10-6-4-7-11-18/h4-13,15-16,25,27-28H,2-3,14H2,1H3,(H2,24,26). The largest absolute Gasteiger partial charge is 0.454 e. The highest BCUT2D eigenvalue weighted by atomic mass is 32.2. The molecule has 0 aliphatic rings. The van der Waals surface area contributed by atoms with Crippen LogP contribution in [0.2, 0.25) is 0 Å². The van der Waals surface area contributed by atoms with Gasteiger partial charge < -0.3 is 21.0 Å². The van der Waals surface area contributed by atoms with Crippen LogP contribution in [0, 0.1) is 0 Å². The van der Waals surface area contributed by atoms with Crippen LogP contribution in [0.1, 0.15) is 25.3 Å². The van der Waals surface area contributed by atoms with Crippen LogP contribution >= 0.6 is 0 Å². The highest BCUT2D eigenvalue weighted by molar-refractivity contribution is 7.92. The second-order valence-electron chi connectivity index (χ2n) is 7.00. The van der Waals surface area contributed by atoms with Crippen molar-refractivity contribution < 1.29 is 18.4 Å². The monoisotopic (exact) mass is 454 g/mol. The van der Waals surface area contributed by atoms with Crippen molar-refractivity contribution in [2.24, 2.45) is 10.9 Å². The van der Waals surface area contributed by atoms with E-state index in [9.17, 15) is 13.6 Å². The molecule has 0 aliphatic carbocycles. The molecule has 0 amide bonds. The molecule has 8 nitrogen and oxygen atoms in total. The molecule has 9 heteroatoms. The Balaban J connectivity index is 2.17. The summed E-state index contributed by atoms with van der Waals surface area (Å²) in [6, 6.07) is 20.3. The lowest BCUT2D eigenvalue weighted by Gasteiger charge is -2.19. The number of ether oxygens (including phenoxy) is 1. The Bertz CT molecular complexity index is 1170. The highest BCUT2D eigenvalue weighted by Gasteiger charge is 2.25. The SMILES string of the molecule is CCCCNc1cc(/C(N)=N/O)cc(S(=O)(=O)Nc2ccccc2)c1Oc1ccccc1. The number of hydrogen-bond donors (Lipinski definition) is 4. The number of anilines is 2. The lowest BCUT2D eigenvalue weighted by atomic mass is 10.1. The van der Waals surface area contributed by atoms with Crippen molar-refractivity contribution in [2.75, 3.05) is 16.6 Å². The molecule has 0 saturated heterocycles. The normalized spacial score (nSPS) is 11.7. The number of rotatable bonds is 10. The zero-order chi connectivity index (χ0) is 23.0. The molecule has 0 radical (unpaired) electrons. The van der Waals surface area contributed by atoms with Crippen LogP contribution in [0.25, 0.3) is 0 Å². The van der Waals surface area contributed by atoms with Crippen molar-refractivity contribution >= 4 is 27.2 Å². The Kier molecular flexibility index (Phi) is 7.56. The summed E-state index contributed by atoms with van der Waals surface area (Å²) in [7, 11) is -4.09. The maximum Gasteiger partial charge on any atom is 0.265 e. The summed E-state index contributed by atoms with van der Waals surface area (Å²) in [6.45, 7) is 2.64. The van der Waals surface area contributed by atoms with E-state index in [0.717, 1.165) is 12.8 Å². The average Bonchev–Trinajstić information content (AvgIpc) is 2.80. The van der Waals surface area contributed by atoms with Crippen LogP contribution in [-0.2, 0) is 10.0 Å². The maximum atomic E-state index is 13.4.